The number of carbonyl (C=O) groups is 2. The van der Waals surface area contributed by atoms with Gasteiger partial charge in [-0.1, -0.05) is 0 Å². The molecule has 98 valence electrons. The molecular formula is C11H18O6. The first-order chi connectivity index (χ1) is 8.02. The van der Waals surface area contributed by atoms with Gasteiger partial charge in [-0.25, -0.2) is 0 Å². The predicted octanol–water partition coefficient (Wildman–Crippen LogP) is 0.649. The van der Waals surface area contributed by atoms with Gasteiger partial charge in [-0.05, 0) is 13.8 Å². The summed E-state index contributed by atoms with van der Waals surface area (Å²) in [5.74, 6) is -4.53. The first kappa shape index (κ1) is 13.9. The number of aliphatic carboxylic acids is 1. The maximum absolute atomic E-state index is 11.4. The van der Waals surface area contributed by atoms with E-state index in [0.29, 0.717) is 13.2 Å². The van der Waals surface area contributed by atoms with Crippen molar-refractivity contribution >= 4 is 11.9 Å². The molecule has 1 aliphatic carbocycles. The first-order valence-corrected chi connectivity index (χ1v) is 5.61. The van der Waals surface area contributed by atoms with E-state index in [1.54, 1.807) is 13.8 Å². The molecule has 0 unspecified atom stereocenters. The van der Waals surface area contributed by atoms with Crippen LogP contribution in [0.2, 0.25) is 0 Å². The molecule has 6 heteroatoms. The summed E-state index contributed by atoms with van der Waals surface area (Å²) in [7, 11) is 1.24. The van der Waals surface area contributed by atoms with Gasteiger partial charge in [-0.2, -0.15) is 0 Å². The number of carbonyl (C=O) groups excluding carboxylic acids is 1. The topological polar surface area (TPSA) is 82.1 Å². The van der Waals surface area contributed by atoms with Crippen LogP contribution in [0.15, 0.2) is 0 Å². The summed E-state index contributed by atoms with van der Waals surface area (Å²) in [6.07, 6.45) is 0.221. The van der Waals surface area contributed by atoms with Crippen molar-refractivity contribution in [3.05, 3.63) is 0 Å². The van der Waals surface area contributed by atoms with E-state index in [1.807, 2.05) is 0 Å². The van der Waals surface area contributed by atoms with E-state index in [9.17, 15) is 9.59 Å². The number of esters is 1. The third-order valence-corrected chi connectivity index (χ3v) is 2.93. The molecule has 1 aliphatic rings. The number of rotatable bonds is 6. The Morgan fingerprint density at radius 1 is 1.29 bits per heavy atom. The minimum Gasteiger partial charge on any atom is -0.481 e. The number of carboxylic acid groups (broad SMARTS) is 1. The minimum absolute atomic E-state index is 0.221. The van der Waals surface area contributed by atoms with Crippen molar-refractivity contribution in [2.45, 2.75) is 26.1 Å². The average Bonchev–Trinajstić information content (AvgIpc) is 2.24. The lowest BCUT2D eigenvalue weighted by Crippen LogP contribution is -2.63. The van der Waals surface area contributed by atoms with E-state index < -0.39 is 29.6 Å². The Labute approximate surface area is 99.8 Å². The third kappa shape index (κ3) is 2.42. The Morgan fingerprint density at radius 2 is 1.82 bits per heavy atom. The van der Waals surface area contributed by atoms with E-state index in [2.05, 4.69) is 4.74 Å². The molecule has 17 heavy (non-hydrogen) atoms. The monoisotopic (exact) mass is 246 g/mol. The van der Waals surface area contributed by atoms with Crippen LogP contribution >= 0.6 is 0 Å². The Kier molecular flexibility index (Phi) is 4.47. The van der Waals surface area contributed by atoms with E-state index in [1.165, 1.54) is 7.11 Å². The molecule has 0 bridgehead atoms. The van der Waals surface area contributed by atoms with Crippen LogP contribution in [0.4, 0.5) is 0 Å². The molecule has 1 rings (SSSR count). The van der Waals surface area contributed by atoms with E-state index in [0.717, 1.165) is 0 Å². The Hall–Kier alpha value is -1.14. The number of hydrogen-bond donors (Lipinski definition) is 1. The molecule has 1 fully saturated rings. The van der Waals surface area contributed by atoms with Gasteiger partial charge in [0.05, 0.1) is 13.0 Å². The second-order valence-corrected chi connectivity index (χ2v) is 3.83. The van der Waals surface area contributed by atoms with Crippen LogP contribution in [-0.4, -0.2) is 43.2 Å². The lowest BCUT2D eigenvalue weighted by molar-refractivity contribution is -0.321. The number of ether oxygens (including phenoxy) is 3. The second kappa shape index (κ2) is 5.46. The van der Waals surface area contributed by atoms with Crippen molar-refractivity contribution in [1.82, 2.24) is 0 Å². The van der Waals surface area contributed by atoms with Crippen molar-refractivity contribution in [2.24, 2.45) is 11.8 Å². The second-order valence-electron chi connectivity index (χ2n) is 3.83. The zero-order chi connectivity index (χ0) is 13.1. The Morgan fingerprint density at radius 3 is 2.18 bits per heavy atom. The SMILES string of the molecule is CCOC1(OCC)C[C@@H](C(=O)OC)[C@@H]1C(=O)O. The molecule has 0 radical (unpaired) electrons. The lowest BCUT2D eigenvalue weighted by atomic mass is 9.67. The molecular weight excluding hydrogens is 228 g/mol. The maximum Gasteiger partial charge on any atom is 0.312 e. The number of methoxy groups -OCH3 is 1. The molecule has 0 amide bonds. The van der Waals surface area contributed by atoms with Crippen LogP contribution in [0.1, 0.15) is 20.3 Å². The van der Waals surface area contributed by atoms with Gasteiger partial charge in [-0.15, -0.1) is 0 Å². The van der Waals surface area contributed by atoms with Crippen molar-refractivity contribution in [3.8, 4) is 0 Å². The van der Waals surface area contributed by atoms with Crippen molar-refractivity contribution in [2.75, 3.05) is 20.3 Å². The molecule has 1 saturated carbocycles. The van der Waals surface area contributed by atoms with Crippen LogP contribution in [0.3, 0.4) is 0 Å². The van der Waals surface area contributed by atoms with Crippen LogP contribution < -0.4 is 0 Å². The van der Waals surface area contributed by atoms with Crippen molar-refractivity contribution < 1.29 is 28.9 Å². The molecule has 6 nitrogen and oxygen atoms in total. The number of carboxylic acids is 1. The smallest absolute Gasteiger partial charge is 0.312 e. The largest absolute Gasteiger partial charge is 0.481 e. The van der Waals surface area contributed by atoms with E-state index in [-0.39, 0.29) is 6.42 Å². The van der Waals surface area contributed by atoms with Gasteiger partial charge in [0.25, 0.3) is 0 Å². The van der Waals surface area contributed by atoms with Gasteiger partial charge in [0.15, 0.2) is 5.79 Å². The van der Waals surface area contributed by atoms with Crippen LogP contribution in [0.5, 0.6) is 0 Å². The summed E-state index contributed by atoms with van der Waals surface area (Å²) in [4.78, 5) is 22.6. The van der Waals surface area contributed by atoms with E-state index in [4.69, 9.17) is 14.6 Å². The summed E-state index contributed by atoms with van der Waals surface area (Å²) in [6.45, 7) is 4.17. The van der Waals surface area contributed by atoms with Gasteiger partial charge in [0.2, 0.25) is 0 Å². The van der Waals surface area contributed by atoms with Gasteiger partial charge < -0.3 is 19.3 Å². The summed E-state index contributed by atoms with van der Waals surface area (Å²) >= 11 is 0. The molecule has 0 heterocycles. The fraction of sp³-hybridized carbons (Fsp3) is 0.818. The lowest BCUT2D eigenvalue weighted by Gasteiger charge is -2.49. The van der Waals surface area contributed by atoms with Gasteiger partial charge in [0.1, 0.15) is 5.92 Å². The normalized spacial score (nSPS) is 26.1. The quantitative estimate of drug-likeness (QED) is 0.547. The summed E-state index contributed by atoms with van der Waals surface area (Å²) in [5, 5.41) is 9.17. The van der Waals surface area contributed by atoms with Gasteiger partial charge in [-0.3, -0.25) is 9.59 Å². The summed E-state index contributed by atoms with van der Waals surface area (Å²) < 4.78 is 15.4. The molecule has 0 spiro atoms. The highest BCUT2D eigenvalue weighted by molar-refractivity contribution is 5.84. The molecule has 2 atom stereocenters. The number of hydrogen-bond acceptors (Lipinski definition) is 5. The first-order valence-electron chi connectivity index (χ1n) is 5.61. The highest BCUT2D eigenvalue weighted by Crippen LogP contribution is 2.48. The summed E-state index contributed by atoms with van der Waals surface area (Å²) in [6, 6.07) is 0. The zero-order valence-corrected chi connectivity index (χ0v) is 10.3. The van der Waals surface area contributed by atoms with Crippen LogP contribution in [0.25, 0.3) is 0 Å². The van der Waals surface area contributed by atoms with E-state index >= 15 is 0 Å². The zero-order valence-electron chi connectivity index (χ0n) is 10.3. The van der Waals surface area contributed by atoms with Crippen molar-refractivity contribution in [1.29, 1.82) is 0 Å². The molecule has 0 aromatic carbocycles. The minimum atomic E-state index is -1.19. The fourth-order valence-corrected chi connectivity index (χ4v) is 2.26. The van der Waals surface area contributed by atoms with Gasteiger partial charge >= 0.3 is 11.9 Å². The Balaban J connectivity index is 2.87. The Bertz CT molecular complexity index is 294. The van der Waals surface area contributed by atoms with Gasteiger partial charge in [0, 0.05) is 19.6 Å². The van der Waals surface area contributed by atoms with Crippen LogP contribution in [0, 0.1) is 11.8 Å². The van der Waals surface area contributed by atoms with Crippen LogP contribution in [-0.2, 0) is 23.8 Å². The molecule has 0 saturated heterocycles. The fourth-order valence-electron chi connectivity index (χ4n) is 2.26. The molecule has 1 N–H and O–H groups in total. The average molecular weight is 246 g/mol. The maximum atomic E-state index is 11.4. The highest BCUT2D eigenvalue weighted by atomic mass is 16.7. The standard InChI is InChI=1S/C11H18O6/c1-4-16-11(17-5-2)6-7(10(14)15-3)8(11)9(12)13/h7-8H,4-6H2,1-3H3,(H,12,13)/t7-,8-/m1/s1. The van der Waals surface area contributed by atoms with Crippen molar-refractivity contribution in [3.63, 3.8) is 0 Å². The molecule has 0 aromatic rings. The molecule has 0 aromatic heterocycles. The molecule has 0 aliphatic heterocycles. The highest BCUT2D eigenvalue weighted by Gasteiger charge is 2.63. The summed E-state index contributed by atoms with van der Waals surface area (Å²) in [5.41, 5.74) is 0. The third-order valence-electron chi connectivity index (χ3n) is 2.93. The predicted molar refractivity (Wildman–Crippen MR) is 57.2 cm³/mol.